The van der Waals surface area contributed by atoms with Crippen molar-refractivity contribution in [2.75, 3.05) is 13.6 Å². The van der Waals surface area contributed by atoms with Gasteiger partial charge in [-0.05, 0) is 30.6 Å². The summed E-state index contributed by atoms with van der Waals surface area (Å²) in [5.41, 5.74) is 0.785. The molecular formula is C15H16BrNOS. The normalized spacial score (nSPS) is 10.9. The molecule has 1 aromatic carbocycles. The molecule has 0 N–H and O–H groups in total. The molecule has 0 radical (unpaired) electrons. The van der Waals surface area contributed by atoms with Crippen molar-refractivity contribution in [3.63, 3.8) is 0 Å². The number of hydrogen-bond acceptors (Lipinski definition) is 3. The second-order valence-electron chi connectivity index (χ2n) is 4.50. The summed E-state index contributed by atoms with van der Waals surface area (Å²) < 4.78 is 0.999. The molecule has 100 valence electrons. The molecule has 19 heavy (non-hydrogen) atoms. The third-order valence-corrected chi connectivity index (χ3v) is 4.28. The van der Waals surface area contributed by atoms with Gasteiger partial charge in [0.15, 0.2) is 5.78 Å². The molecule has 0 fully saturated rings. The van der Waals surface area contributed by atoms with Crippen LogP contribution in [0, 0.1) is 0 Å². The summed E-state index contributed by atoms with van der Waals surface area (Å²) in [7, 11) is 2.05. The van der Waals surface area contributed by atoms with E-state index in [9.17, 15) is 4.79 Å². The van der Waals surface area contributed by atoms with Crippen molar-refractivity contribution < 1.29 is 4.79 Å². The van der Waals surface area contributed by atoms with Crippen molar-refractivity contribution in [3.8, 4) is 0 Å². The van der Waals surface area contributed by atoms with E-state index in [1.165, 1.54) is 4.88 Å². The molecule has 0 atom stereocenters. The van der Waals surface area contributed by atoms with E-state index in [1.807, 2.05) is 24.3 Å². The van der Waals surface area contributed by atoms with E-state index >= 15 is 0 Å². The maximum atomic E-state index is 12.0. The van der Waals surface area contributed by atoms with Crippen molar-refractivity contribution >= 4 is 33.0 Å². The smallest absolute Gasteiger partial charge is 0.164 e. The topological polar surface area (TPSA) is 20.3 Å². The summed E-state index contributed by atoms with van der Waals surface area (Å²) in [5, 5.41) is 2.08. The molecule has 0 spiro atoms. The van der Waals surface area contributed by atoms with Crippen LogP contribution in [0.25, 0.3) is 0 Å². The largest absolute Gasteiger partial charge is 0.301 e. The van der Waals surface area contributed by atoms with Crippen LogP contribution < -0.4 is 0 Å². The van der Waals surface area contributed by atoms with E-state index in [2.05, 4.69) is 45.4 Å². The molecule has 2 nitrogen and oxygen atoms in total. The van der Waals surface area contributed by atoms with Crippen LogP contribution >= 0.6 is 27.3 Å². The zero-order chi connectivity index (χ0) is 13.7. The summed E-state index contributed by atoms with van der Waals surface area (Å²) in [6, 6.07) is 11.7. The number of ketones is 1. The lowest BCUT2D eigenvalue weighted by molar-refractivity contribution is 0.0968. The summed E-state index contributed by atoms with van der Waals surface area (Å²) >= 11 is 5.12. The Morgan fingerprint density at radius 3 is 2.63 bits per heavy atom. The summed E-state index contributed by atoms with van der Waals surface area (Å²) in [6.45, 7) is 1.69. The number of carbonyl (C=O) groups excluding carboxylic acids is 1. The molecule has 2 aromatic rings. The highest BCUT2D eigenvalue weighted by molar-refractivity contribution is 9.10. The number of hydrogen-bond donors (Lipinski definition) is 0. The van der Waals surface area contributed by atoms with Gasteiger partial charge in [0.25, 0.3) is 0 Å². The van der Waals surface area contributed by atoms with Gasteiger partial charge in [0.05, 0.1) is 0 Å². The van der Waals surface area contributed by atoms with Crippen LogP contribution in [0.3, 0.4) is 0 Å². The molecular weight excluding hydrogens is 322 g/mol. The third kappa shape index (κ3) is 4.56. The van der Waals surface area contributed by atoms with Crippen LogP contribution in [0.2, 0.25) is 0 Å². The van der Waals surface area contributed by atoms with Crippen LogP contribution in [0.1, 0.15) is 21.7 Å². The molecule has 0 aliphatic rings. The first-order valence-corrected chi connectivity index (χ1v) is 7.82. The maximum Gasteiger partial charge on any atom is 0.164 e. The highest BCUT2D eigenvalue weighted by atomic mass is 79.9. The molecule has 2 rings (SSSR count). The SMILES string of the molecule is CN(CCC(=O)c1ccc(Br)cc1)Cc1cccs1. The van der Waals surface area contributed by atoms with Crippen LogP contribution in [0.4, 0.5) is 0 Å². The zero-order valence-corrected chi connectivity index (χ0v) is 13.2. The van der Waals surface area contributed by atoms with Gasteiger partial charge in [-0.1, -0.05) is 34.1 Å². The molecule has 0 unspecified atom stereocenters. The van der Waals surface area contributed by atoms with Gasteiger partial charge in [-0.15, -0.1) is 11.3 Å². The first kappa shape index (κ1) is 14.4. The molecule has 4 heteroatoms. The van der Waals surface area contributed by atoms with E-state index in [0.717, 1.165) is 23.1 Å². The van der Waals surface area contributed by atoms with Gasteiger partial charge in [-0.3, -0.25) is 4.79 Å². The van der Waals surface area contributed by atoms with Gasteiger partial charge in [-0.25, -0.2) is 0 Å². The Kier molecular flexibility index (Phi) is 5.31. The zero-order valence-electron chi connectivity index (χ0n) is 10.8. The Morgan fingerprint density at radius 2 is 2.00 bits per heavy atom. The predicted molar refractivity (Wildman–Crippen MR) is 83.7 cm³/mol. The van der Waals surface area contributed by atoms with Crippen molar-refractivity contribution in [1.29, 1.82) is 0 Å². The van der Waals surface area contributed by atoms with Crippen LogP contribution in [0.5, 0.6) is 0 Å². The number of nitrogens with zero attached hydrogens (tertiary/aromatic N) is 1. The van der Waals surface area contributed by atoms with Crippen molar-refractivity contribution in [2.45, 2.75) is 13.0 Å². The molecule has 1 heterocycles. The molecule has 0 amide bonds. The van der Waals surface area contributed by atoms with Crippen LogP contribution in [-0.2, 0) is 6.54 Å². The Labute approximate surface area is 126 Å². The monoisotopic (exact) mass is 337 g/mol. The van der Waals surface area contributed by atoms with Crippen LogP contribution in [-0.4, -0.2) is 24.3 Å². The van der Waals surface area contributed by atoms with E-state index in [0.29, 0.717) is 6.42 Å². The average molecular weight is 338 g/mol. The second kappa shape index (κ2) is 6.98. The molecule has 0 aliphatic carbocycles. The fraction of sp³-hybridized carbons (Fsp3) is 0.267. The minimum Gasteiger partial charge on any atom is -0.301 e. The van der Waals surface area contributed by atoms with E-state index < -0.39 is 0 Å². The van der Waals surface area contributed by atoms with Crippen LogP contribution in [0.15, 0.2) is 46.3 Å². The number of rotatable bonds is 6. The quantitative estimate of drug-likeness (QED) is 0.735. The first-order valence-electron chi connectivity index (χ1n) is 6.15. The van der Waals surface area contributed by atoms with E-state index in [4.69, 9.17) is 0 Å². The van der Waals surface area contributed by atoms with E-state index in [1.54, 1.807) is 11.3 Å². The van der Waals surface area contributed by atoms with Crippen molar-refractivity contribution in [3.05, 3.63) is 56.7 Å². The predicted octanol–water partition coefficient (Wildman–Crippen LogP) is 4.22. The van der Waals surface area contributed by atoms with Gasteiger partial charge in [0.2, 0.25) is 0 Å². The van der Waals surface area contributed by atoms with Gasteiger partial charge in [0.1, 0.15) is 0 Å². The first-order chi connectivity index (χ1) is 9.15. The van der Waals surface area contributed by atoms with Gasteiger partial charge in [-0.2, -0.15) is 0 Å². The van der Waals surface area contributed by atoms with Crippen molar-refractivity contribution in [2.24, 2.45) is 0 Å². The minimum absolute atomic E-state index is 0.200. The number of thiophene rings is 1. The lowest BCUT2D eigenvalue weighted by atomic mass is 10.1. The van der Waals surface area contributed by atoms with Gasteiger partial charge < -0.3 is 4.90 Å². The summed E-state index contributed by atoms with van der Waals surface area (Å²) in [6.07, 6.45) is 0.559. The Balaban J connectivity index is 1.81. The number of Topliss-reactive ketones (excluding diaryl/α,β-unsaturated/α-hetero) is 1. The lowest BCUT2D eigenvalue weighted by Crippen LogP contribution is -2.21. The molecule has 0 aliphatic heterocycles. The fourth-order valence-electron chi connectivity index (χ4n) is 1.82. The third-order valence-electron chi connectivity index (χ3n) is 2.89. The molecule has 1 aromatic heterocycles. The number of benzene rings is 1. The number of halogens is 1. The lowest BCUT2D eigenvalue weighted by Gasteiger charge is -2.14. The fourth-order valence-corrected chi connectivity index (χ4v) is 2.87. The van der Waals surface area contributed by atoms with Gasteiger partial charge in [0, 0.05) is 34.4 Å². The highest BCUT2D eigenvalue weighted by Gasteiger charge is 2.08. The molecule has 0 saturated carbocycles. The standard InChI is InChI=1S/C15H16BrNOS/c1-17(11-14-3-2-10-19-14)9-8-15(18)12-4-6-13(16)7-5-12/h2-7,10H,8-9,11H2,1H3. The summed E-state index contributed by atoms with van der Waals surface area (Å²) in [5.74, 6) is 0.200. The van der Waals surface area contributed by atoms with E-state index in [-0.39, 0.29) is 5.78 Å². The van der Waals surface area contributed by atoms with Gasteiger partial charge >= 0.3 is 0 Å². The Bertz CT molecular complexity index is 522. The minimum atomic E-state index is 0.200. The molecule has 0 saturated heterocycles. The van der Waals surface area contributed by atoms with Crippen molar-refractivity contribution in [1.82, 2.24) is 4.90 Å². The maximum absolute atomic E-state index is 12.0. The highest BCUT2D eigenvalue weighted by Crippen LogP contribution is 2.13. The average Bonchev–Trinajstić information content (AvgIpc) is 2.89. The Morgan fingerprint density at radius 1 is 1.26 bits per heavy atom. The molecule has 0 bridgehead atoms. The second-order valence-corrected chi connectivity index (χ2v) is 6.45. The Hall–Kier alpha value is -0.970. The number of carbonyl (C=O) groups is 1. The summed E-state index contributed by atoms with van der Waals surface area (Å²) in [4.78, 5) is 15.5.